The molecule has 1 aliphatic heterocycles. The SMILES string of the molecule is COc1ccc(/C=C2\C(=O)NC(=O)N([C@H](C)C34CC5CC(CC(C5)C3)C4)C2=O)cc1Br. The number of urea groups is 1. The van der Waals surface area contributed by atoms with E-state index >= 15 is 0 Å². The van der Waals surface area contributed by atoms with E-state index < -0.39 is 17.8 Å². The maximum atomic E-state index is 13.4. The smallest absolute Gasteiger partial charge is 0.331 e. The summed E-state index contributed by atoms with van der Waals surface area (Å²) in [6.07, 6.45) is 8.67. The Morgan fingerprint density at radius 2 is 1.74 bits per heavy atom. The van der Waals surface area contributed by atoms with Crippen LogP contribution in [0, 0.1) is 23.2 Å². The van der Waals surface area contributed by atoms with Gasteiger partial charge in [0.25, 0.3) is 11.8 Å². The summed E-state index contributed by atoms with van der Waals surface area (Å²) in [5, 5.41) is 2.40. The number of amides is 4. The fourth-order valence-corrected chi connectivity index (χ4v) is 7.48. The first-order valence-electron chi connectivity index (χ1n) is 11.0. The van der Waals surface area contributed by atoms with Gasteiger partial charge < -0.3 is 4.74 Å². The van der Waals surface area contributed by atoms with Crippen molar-refractivity contribution in [3.05, 3.63) is 33.8 Å². The molecule has 1 atom stereocenters. The van der Waals surface area contributed by atoms with Gasteiger partial charge in [0.1, 0.15) is 11.3 Å². The molecule has 7 heteroatoms. The highest BCUT2D eigenvalue weighted by molar-refractivity contribution is 9.10. The summed E-state index contributed by atoms with van der Waals surface area (Å²) in [5.74, 6) is 1.66. The molecule has 0 unspecified atom stereocenters. The Morgan fingerprint density at radius 3 is 2.29 bits per heavy atom. The highest BCUT2D eigenvalue weighted by atomic mass is 79.9. The van der Waals surface area contributed by atoms with Crippen molar-refractivity contribution in [1.82, 2.24) is 10.2 Å². The standard InChI is InChI=1S/C24H27BrN2O4/c1-13(24-10-15-5-16(11-24)7-17(6-15)12-24)27-22(29)18(21(28)26-23(27)30)8-14-3-4-20(31-2)19(25)9-14/h3-4,8-9,13,15-17H,5-7,10-12H2,1-2H3,(H,26,28,30)/b18-8+/t13-,15?,16?,17?,24?/m1/s1. The minimum Gasteiger partial charge on any atom is -0.496 e. The molecule has 5 fully saturated rings. The highest BCUT2D eigenvalue weighted by Gasteiger charge is 2.56. The Kier molecular flexibility index (Phi) is 5.00. The van der Waals surface area contributed by atoms with Crippen LogP contribution in [0.15, 0.2) is 28.2 Å². The minimum absolute atomic E-state index is 0.00625. The zero-order valence-electron chi connectivity index (χ0n) is 17.8. The Balaban J connectivity index is 1.46. The molecule has 4 saturated carbocycles. The second kappa shape index (κ2) is 7.47. The number of carbonyl (C=O) groups excluding carboxylic acids is 3. The van der Waals surface area contributed by atoms with Crippen LogP contribution in [0.3, 0.4) is 0 Å². The zero-order valence-corrected chi connectivity index (χ0v) is 19.4. The molecule has 4 amide bonds. The van der Waals surface area contributed by atoms with Gasteiger partial charge in [-0.25, -0.2) is 4.79 Å². The molecule has 4 aliphatic carbocycles. The van der Waals surface area contributed by atoms with E-state index in [0.717, 1.165) is 23.7 Å². The van der Waals surface area contributed by atoms with Gasteiger partial charge in [0.05, 0.1) is 11.6 Å². The summed E-state index contributed by atoms with van der Waals surface area (Å²) in [6.45, 7) is 2.00. The second-order valence-corrected chi connectivity index (χ2v) is 10.7. The summed E-state index contributed by atoms with van der Waals surface area (Å²) in [4.78, 5) is 40.1. The number of halogens is 1. The third-order valence-electron chi connectivity index (χ3n) is 7.98. The van der Waals surface area contributed by atoms with Gasteiger partial charge >= 0.3 is 6.03 Å². The van der Waals surface area contributed by atoms with E-state index in [2.05, 4.69) is 21.2 Å². The predicted molar refractivity (Wildman–Crippen MR) is 119 cm³/mol. The molecule has 0 spiro atoms. The van der Waals surface area contributed by atoms with Gasteiger partial charge in [0, 0.05) is 6.04 Å². The summed E-state index contributed by atoms with van der Waals surface area (Å²) >= 11 is 3.43. The maximum absolute atomic E-state index is 13.4. The van der Waals surface area contributed by atoms with Crippen molar-refractivity contribution < 1.29 is 19.1 Å². The third-order valence-corrected chi connectivity index (χ3v) is 8.60. The topological polar surface area (TPSA) is 75.7 Å². The lowest BCUT2D eigenvalue weighted by Crippen LogP contribution is -2.63. The Bertz CT molecular complexity index is 966. The van der Waals surface area contributed by atoms with Crippen molar-refractivity contribution in [2.75, 3.05) is 7.11 Å². The summed E-state index contributed by atoms with van der Waals surface area (Å²) in [7, 11) is 1.58. The van der Waals surface area contributed by atoms with Crippen LogP contribution in [0.4, 0.5) is 4.79 Å². The maximum Gasteiger partial charge on any atom is 0.331 e. The van der Waals surface area contributed by atoms with Crippen LogP contribution in [-0.4, -0.2) is 35.9 Å². The van der Waals surface area contributed by atoms with Gasteiger partial charge in [-0.1, -0.05) is 6.07 Å². The van der Waals surface area contributed by atoms with E-state index in [1.807, 2.05) is 6.92 Å². The normalized spacial score (nSPS) is 34.3. The number of ether oxygens (including phenoxy) is 1. The van der Waals surface area contributed by atoms with Crippen LogP contribution in [0.1, 0.15) is 51.0 Å². The van der Waals surface area contributed by atoms with E-state index in [1.54, 1.807) is 31.4 Å². The largest absolute Gasteiger partial charge is 0.496 e. The van der Waals surface area contributed by atoms with Gasteiger partial charge in [-0.05, 0) is 108 Å². The first-order valence-corrected chi connectivity index (χ1v) is 11.8. The van der Waals surface area contributed by atoms with Crippen LogP contribution in [0.2, 0.25) is 0 Å². The number of nitrogens with zero attached hydrogens (tertiary/aromatic N) is 1. The molecule has 0 radical (unpaired) electrons. The van der Waals surface area contributed by atoms with Crippen molar-refractivity contribution in [2.24, 2.45) is 23.2 Å². The monoisotopic (exact) mass is 486 g/mol. The number of rotatable bonds is 4. The molecular weight excluding hydrogens is 460 g/mol. The van der Waals surface area contributed by atoms with Crippen LogP contribution in [0.5, 0.6) is 5.75 Å². The lowest BCUT2D eigenvalue weighted by molar-refractivity contribution is -0.139. The van der Waals surface area contributed by atoms with Crippen molar-refractivity contribution in [3.63, 3.8) is 0 Å². The lowest BCUT2D eigenvalue weighted by atomic mass is 9.47. The Morgan fingerprint density at radius 1 is 1.13 bits per heavy atom. The molecule has 1 heterocycles. The van der Waals surface area contributed by atoms with Crippen molar-refractivity contribution in [2.45, 2.75) is 51.5 Å². The quantitative estimate of drug-likeness (QED) is 0.501. The molecule has 164 valence electrons. The summed E-state index contributed by atoms with van der Waals surface area (Å²) < 4.78 is 5.97. The number of imide groups is 2. The minimum atomic E-state index is -0.643. The molecule has 1 N–H and O–H groups in total. The number of nitrogens with one attached hydrogen (secondary N) is 1. The number of hydrogen-bond acceptors (Lipinski definition) is 4. The third kappa shape index (κ3) is 3.41. The molecule has 1 aromatic carbocycles. The number of benzene rings is 1. The lowest BCUT2D eigenvalue weighted by Gasteiger charge is -2.60. The second-order valence-electron chi connectivity index (χ2n) is 9.84. The zero-order chi connectivity index (χ0) is 21.9. The first kappa shape index (κ1) is 20.7. The average Bonchev–Trinajstić information content (AvgIpc) is 2.70. The Hall–Kier alpha value is -2.15. The number of barbiturate groups is 1. The van der Waals surface area contributed by atoms with E-state index in [9.17, 15) is 14.4 Å². The molecule has 31 heavy (non-hydrogen) atoms. The van der Waals surface area contributed by atoms with E-state index in [-0.39, 0.29) is 17.0 Å². The van der Waals surface area contributed by atoms with Gasteiger partial charge in [-0.3, -0.25) is 19.8 Å². The molecule has 6 rings (SSSR count). The fourth-order valence-electron chi connectivity index (χ4n) is 6.93. The van der Waals surface area contributed by atoms with E-state index in [4.69, 9.17) is 4.74 Å². The molecule has 1 aromatic rings. The van der Waals surface area contributed by atoms with Crippen LogP contribution in [-0.2, 0) is 9.59 Å². The number of hydrogen-bond donors (Lipinski definition) is 1. The number of carbonyl (C=O) groups is 3. The van der Waals surface area contributed by atoms with E-state index in [0.29, 0.717) is 29.1 Å². The first-order chi connectivity index (χ1) is 14.8. The molecule has 0 aromatic heterocycles. The predicted octanol–water partition coefficient (Wildman–Crippen LogP) is 4.52. The Labute approximate surface area is 190 Å². The summed E-state index contributed by atoms with van der Waals surface area (Å²) in [6, 6.07) is 4.51. The van der Waals surface area contributed by atoms with E-state index in [1.165, 1.54) is 24.2 Å². The van der Waals surface area contributed by atoms with Crippen molar-refractivity contribution >= 4 is 39.9 Å². The van der Waals surface area contributed by atoms with Crippen LogP contribution in [0.25, 0.3) is 6.08 Å². The van der Waals surface area contributed by atoms with Gasteiger partial charge in [0.2, 0.25) is 0 Å². The van der Waals surface area contributed by atoms with Gasteiger partial charge in [-0.15, -0.1) is 0 Å². The molecule has 6 nitrogen and oxygen atoms in total. The molecular formula is C24H27BrN2O4. The van der Waals surface area contributed by atoms with Crippen molar-refractivity contribution in [3.8, 4) is 5.75 Å². The summed E-state index contributed by atoms with van der Waals surface area (Å²) in [5.41, 5.74) is 0.660. The van der Waals surface area contributed by atoms with Crippen LogP contribution < -0.4 is 10.1 Å². The van der Waals surface area contributed by atoms with Gasteiger partial charge in [0.15, 0.2) is 0 Å². The average molecular weight is 487 g/mol. The molecule has 4 bridgehead atoms. The molecule has 5 aliphatic rings. The van der Waals surface area contributed by atoms with Gasteiger partial charge in [-0.2, -0.15) is 0 Å². The van der Waals surface area contributed by atoms with Crippen LogP contribution >= 0.6 is 15.9 Å². The molecule has 1 saturated heterocycles. The van der Waals surface area contributed by atoms with Crippen molar-refractivity contribution in [1.29, 1.82) is 0 Å². The number of methoxy groups -OCH3 is 1. The fraction of sp³-hybridized carbons (Fsp3) is 0.542. The highest BCUT2D eigenvalue weighted by Crippen LogP contribution is 2.62.